The van der Waals surface area contributed by atoms with Crippen molar-refractivity contribution in [2.45, 2.75) is 31.0 Å². The fourth-order valence-electron chi connectivity index (χ4n) is 2.25. The van der Waals surface area contributed by atoms with Crippen molar-refractivity contribution in [1.82, 2.24) is 0 Å². The van der Waals surface area contributed by atoms with Crippen molar-refractivity contribution >= 4 is 18.1 Å². The molecule has 0 saturated carbocycles. The van der Waals surface area contributed by atoms with Gasteiger partial charge in [-0.25, -0.2) is 0 Å². The zero-order valence-electron chi connectivity index (χ0n) is 11.0. The van der Waals surface area contributed by atoms with E-state index < -0.39 is 18.1 Å². The summed E-state index contributed by atoms with van der Waals surface area (Å²) in [6, 6.07) is 3.14. The normalized spacial score (nSPS) is 17.5. The largest absolute Gasteiger partial charge is 0.455 e. The van der Waals surface area contributed by atoms with Crippen LogP contribution in [0.2, 0.25) is 0 Å². The maximum atomic E-state index is 13.2. The maximum absolute atomic E-state index is 13.2. The van der Waals surface area contributed by atoms with E-state index in [-0.39, 0.29) is 18.0 Å². The first-order valence-corrected chi connectivity index (χ1v) is 6.28. The van der Waals surface area contributed by atoms with Crippen molar-refractivity contribution in [3.05, 3.63) is 29.8 Å². The van der Waals surface area contributed by atoms with Gasteiger partial charge < -0.3 is 10.6 Å². The quantitative estimate of drug-likeness (QED) is 0.852. The fourth-order valence-corrected chi connectivity index (χ4v) is 2.25. The van der Waals surface area contributed by atoms with E-state index >= 15 is 0 Å². The van der Waals surface area contributed by atoms with Crippen LogP contribution in [0.3, 0.4) is 0 Å². The molecule has 1 aromatic rings. The molecule has 0 radical (unpaired) electrons. The summed E-state index contributed by atoms with van der Waals surface area (Å²) in [5.41, 5.74) is 5.67. The highest BCUT2D eigenvalue weighted by Crippen LogP contribution is 2.43. The zero-order valence-corrected chi connectivity index (χ0v) is 11.9. The molecule has 0 amide bonds. The van der Waals surface area contributed by atoms with Crippen molar-refractivity contribution in [2.75, 3.05) is 18.0 Å². The number of alkyl halides is 5. The lowest BCUT2D eigenvalue weighted by atomic mass is 10.0. The molecule has 120 valence electrons. The van der Waals surface area contributed by atoms with E-state index in [4.69, 9.17) is 5.73 Å². The van der Waals surface area contributed by atoms with Gasteiger partial charge in [0.25, 0.3) is 0 Å². The lowest BCUT2D eigenvalue weighted by Crippen LogP contribution is -2.45. The molecule has 0 unspecified atom stereocenters. The molecule has 1 fully saturated rings. The number of anilines is 1. The minimum Gasteiger partial charge on any atom is -0.372 e. The first kappa shape index (κ1) is 18.0. The van der Waals surface area contributed by atoms with E-state index in [9.17, 15) is 22.0 Å². The van der Waals surface area contributed by atoms with Crippen molar-refractivity contribution in [2.24, 2.45) is 5.73 Å². The summed E-state index contributed by atoms with van der Waals surface area (Å²) in [7, 11) is 0. The van der Waals surface area contributed by atoms with Crippen LogP contribution < -0.4 is 10.6 Å². The van der Waals surface area contributed by atoms with Crippen molar-refractivity contribution in [3.63, 3.8) is 0 Å². The molecule has 21 heavy (non-hydrogen) atoms. The van der Waals surface area contributed by atoms with Crippen molar-refractivity contribution in [3.8, 4) is 0 Å². The van der Waals surface area contributed by atoms with E-state index in [2.05, 4.69) is 4.90 Å². The number of rotatable bonds is 3. The van der Waals surface area contributed by atoms with Crippen LogP contribution in [0.4, 0.5) is 27.6 Å². The minimum absolute atomic E-state index is 0. The summed E-state index contributed by atoms with van der Waals surface area (Å²) in [4.78, 5) is 2.05. The standard InChI is InChI=1S/C13H15F5N2.ClH/c14-12(15,13(16,17)18)11(19)9-3-5-10(6-4-9)20-7-1-2-8-20;/h3-6,11H,1-2,7-8,19H2;1H/t11-;/m0./s1. The van der Waals surface area contributed by atoms with Crippen LogP contribution in [-0.2, 0) is 0 Å². The third-order valence-electron chi connectivity index (χ3n) is 3.49. The summed E-state index contributed by atoms with van der Waals surface area (Å²) in [6.07, 6.45) is -3.55. The molecule has 2 rings (SSSR count). The molecule has 0 bridgehead atoms. The van der Waals surface area contributed by atoms with Crippen LogP contribution in [0.5, 0.6) is 0 Å². The molecule has 1 atom stereocenters. The highest BCUT2D eigenvalue weighted by Gasteiger charge is 2.61. The highest BCUT2D eigenvalue weighted by molar-refractivity contribution is 5.85. The van der Waals surface area contributed by atoms with Crippen LogP contribution in [0.15, 0.2) is 24.3 Å². The number of halogens is 6. The van der Waals surface area contributed by atoms with Gasteiger partial charge >= 0.3 is 12.1 Å². The van der Waals surface area contributed by atoms with Gasteiger partial charge in [0.2, 0.25) is 0 Å². The summed E-state index contributed by atoms with van der Waals surface area (Å²) in [6.45, 7) is 1.73. The molecule has 1 aliphatic rings. The van der Waals surface area contributed by atoms with Gasteiger partial charge in [0.05, 0.1) is 0 Å². The Hall–Kier alpha value is -1.08. The topological polar surface area (TPSA) is 29.3 Å². The maximum Gasteiger partial charge on any atom is 0.455 e. The Bertz CT molecular complexity index is 455. The first-order chi connectivity index (χ1) is 9.23. The van der Waals surface area contributed by atoms with E-state index in [0.717, 1.165) is 31.6 Å². The second kappa shape index (κ2) is 6.36. The Morgan fingerprint density at radius 2 is 1.43 bits per heavy atom. The number of hydrogen-bond donors (Lipinski definition) is 1. The van der Waals surface area contributed by atoms with Gasteiger partial charge in [0.1, 0.15) is 6.04 Å². The van der Waals surface area contributed by atoms with Crippen molar-refractivity contribution in [1.29, 1.82) is 0 Å². The Labute approximate surface area is 125 Å². The number of benzene rings is 1. The molecule has 2 N–H and O–H groups in total. The second-order valence-electron chi connectivity index (χ2n) is 4.88. The average Bonchev–Trinajstić information content (AvgIpc) is 2.90. The van der Waals surface area contributed by atoms with Gasteiger partial charge in [0, 0.05) is 18.8 Å². The molecule has 0 spiro atoms. The van der Waals surface area contributed by atoms with Crippen LogP contribution in [0, 0.1) is 0 Å². The third kappa shape index (κ3) is 3.58. The SMILES string of the molecule is Cl.N[C@@H](c1ccc(N2CCCC2)cc1)C(F)(F)C(F)(F)F. The molecular formula is C13H16ClF5N2. The van der Waals surface area contributed by atoms with Crippen LogP contribution >= 0.6 is 12.4 Å². The number of nitrogens with zero attached hydrogens (tertiary/aromatic N) is 1. The Kier molecular flexibility index (Phi) is 5.44. The summed E-state index contributed by atoms with van der Waals surface area (Å²) >= 11 is 0. The smallest absolute Gasteiger partial charge is 0.372 e. The van der Waals surface area contributed by atoms with E-state index in [1.807, 2.05) is 0 Å². The summed E-state index contributed by atoms with van der Waals surface area (Å²) in [5.74, 6) is -4.94. The summed E-state index contributed by atoms with van der Waals surface area (Å²) < 4.78 is 63.1. The highest BCUT2D eigenvalue weighted by atomic mass is 35.5. The lowest BCUT2D eigenvalue weighted by Gasteiger charge is -2.26. The van der Waals surface area contributed by atoms with Gasteiger partial charge in [-0.2, -0.15) is 22.0 Å². The molecule has 1 heterocycles. The second-order valence-corrected chi connectivity index (χ2v) is 4.88. The van der Waals surface area contributed by atoms with Gasteiger partial charge in [0.15, 0.2) is 0 Å². The van der Waals surface area contributed by atoms with Crippen LogP contribution in [0.1, 0.15) is 24.4 Å². The number of nitrogens with two attached hydrogens (primary N) is 1. The van der Waals surface area contributed by atoms with Gasteiger partial charge in [-0.05, 0) is 30.5 Å². The molecule has 1 aromatic carbocycles. The van der Waals surface area contributed by atoms with Crippen LogP contribution in [-0.4, -0.2) is 25.2 Å². The average molecular weight is 331 g/mol. The molecule has 1 saturated heterocycles. The minimum atomic E-state index is -5.65. The number of hydrogen-bond acceptors (Lipinski definition) is 2. The Balaban J connectivity index is 0.00000220. The summed E-state index contributed by atoms with van der Waals surface area (Å²) in [5, 5.41) is 0. The lowest BCUT2D eigenvalue weighted by molar-refractivity contribution is -0.291. The third-order valence-corrected chi connectivity index (χ3v) is 3.49. The predicted octanol–water partition coefficient (Wildman–Crippen LogP) is 3.91. The molecule has 8 heteroatoms. The molecule has 1 aliphatic heterocycles. The van der Waals surface area contributed by atoms with Gasteiger partial charge in [-0.15, -0.1) is 12.4 Å². The zero-order chi connectivity index (χ0) is 15.0. The van der Waals surface area contributed by atoms with Gasteiger partial charge in [-0.3, -0.25) is 0 Å². The van der Waals surface area contributed by atoms with E-state index in [0.29, 0.717) is 0 Å². The van der Waals surface area contributed by atoms with Crippen molar-refractivity contribution < 1.29 is 22.0 Å². The first-order valence-electron chi connectivity index (χ1n) is 6.28. The van der Waals surface area contributed by atoms with Gasteiger partial charge in [-0.1, -0.05) is 12.1 Å². The van der Waals surface area contributed by atoms with Crippen LogP contribution in [0.25, 0.3) is 0 Å². The molecular weight excluding hydrogens is 315 g/mol. The predicted molar refractivity (Wildman–Crippen MR) is 73.1 cm³/mol. The van der Waals surface area contributed by atoms with E-state index in [1.165, 1.54) is 24.3 Å². The monoisotopic (exact) mass is 330 g/mol. The Morgan fingerprint density at radius 1 is 0.952 bits per heavy atom. The Morgan fingerprint density at radius 3 is 1.86 bits per heavy atom. The molecule has 0 aliphatic carbocycles. The fraction of sp³-hybridized carbons (Fsp3) is 0.538. The molecule has 2 nitrogen and oxygen atoms in total. The van der Waals surface area contributed by atoms with E-state index in [1.54, 1.807) is 0 Å². The molecule has 0 aromatic heterocycles.